The Morgan fingerprint density at radius 1 is 1.30 bits per heavy atom. The zero-order valence-corrected chi connectivity index (χ0v) is 19.2. The normalized spacial score (nSPS) is 24.6. The van der Waals surface area contributed by atoms with Crippen LogP contribution in [0.2, 0.25) is 5.02 Å². The molecule has 6 nitrogen and oxygen atoms in total. The number of rotatable bonds is 8. The van der Waals surface area contributed by atoms with Crippen molar-refractivity contribution in [3.8, 4) is 5.75 Å². The highest BCUT2D eigenvalue weighted by atomic mass is 35.5. The van der Waals surface area contributed by atoms with Crippen molar-refractivity contribution < 1.29 is 9.53 Å². The van der Waals surface area contributed by atoms with Gasteiger partial charge in [0.15, 0.2) is 11.0 Å². The number of carbonyl (C=O) groups is 1. The van der Waals surface area contributed by atoms with Crippen molar-refractivity contribution in [1.82, 2.24) is 20.1 Å². The molecule has 0 aliphatic heterocycles. The third-order valence-corrected chi connectivity index (χ3v) is 8.02. The predicted octanol–water partition coefficient (Wildman–Crippen LogP) is 4.47. The summed E-state index contributed by atoms with van der Waals surface area (Å²) in [6.45, 7) is 4.34. The van der Waals surface area contributed by atoms with Crippen molar-refractivity contribution >= 4 is 29.3 Å². The maximum atomic E-state index is 12.8. The molecule has 5 atom stereocenters. The number of hydrogen-bond donors (Lipinski definition) is 1. The first kappa shape index (κ1) is 21.5. The highest BCUT2D eigenvalue weighted by molar-refractivity contribution is 8.00. The molecule has 2 saturated carbocycles. The van der Waals surface area contributed by atoms with Crippen LogP contribution in [-0.4, -0.2) is 32.0 Å². The molecule has 0 saturated heterocycles. The fourth-order valence-corrected chi connectivity index (χ4v) is 5.88. The second-order valence-electron chi connectivity index (χ2n) is 8.57. The molecule has 0 spiro atoms. The molecule has 1 heterocycles. The maximum absolute atomic E-state index is 12.8. The summed E-state index contributed by atoms with van der Waals surface area (Å²) >= 11 is 7.55. The van der Waals surface area contributed by atoms with Crippen LogP contribution in [0.15, 0.2) is 29.4 Å². The third-order valence-electron chi connectivity index (χ3n) is 6.57. The van der Waals surface area contributed by atoms with Gasteiger partial charge in [0.05, 0.1) is 10.3 Å². The third kappa shape index (κ3) is 4.62. The van der Waals surface area contributed by atoms with Crippen LogP contribution in [0.25, 0.3) is 0 Å². The van der Waals surface area contributed by atoms with Gasteiger partial charge >= 0.3 is 0 Å². The zero-order valence-electron chi connectivity index (χ0n) is 17.7. The molecule has 2 aromatic rings. The number of benzene rings is 1. The first-order valence-corrected chi connectivity index (χ1v) is 11.9. The van der Waals surface area contributed by atoms with Gasteiger partial charge in [0.25, 0.3) is 0 Å². The standard InChI is InChI=1S/C22H29ClN4O2S/c1-13(17-11-15-8-9-16(17)10-15)24-21(28)14(2)30-22-26-25-20(27(22)3)12-29-19-7-5-4-6-18(19)23/h4-7,13-17H,8-12H2,1-3H3,(H,24,28). The van der Waals surface area contributed by atoms with Crippen LogP contribution in [0.1, 0.15) is 45.4 Å². The molecule has 1 aromatic carbocycles. The lowest BCUT2D eigenvalue weighted by Gasteiger charge is -2.29. The Morgan fingerprint density at radius 2 is 2.10 bits per heavy atom. The van der Waals surface area contributed by atoms with E-state index in [0.717, 1.165) is 11.8 Å². The number of amides is 1. The van der Waals surface area contributed by atoms with Crippen LogP contribution in [0.3, 0.4) is 0 Å². The number of ether oxygens (including phenoxy) is 1. The molecular weight excluding hydrogens is 420 g/mol. The Kier molecular flexibility index (Phi) is 6.58. The molecule has 2 aliphatic rings. The van der Waals surface area contributed by atoms with Gasteiger partial charge < -0.3 is 14.6 Å². The number of nitrogens with zero attached hydrogens (tertiary/aromatic N) is 3. The summed E-state index contributed by atoms with van der Waals surface area (Å²) in [6, 6.07) is 7.56. The molecule has 0 radical (unpaired) electrons. The fourth-order valence-electron chi connectivity index (χ4n) is 4.84. The van der Waals surface area contributed by atoms with E-state index in [-0.39, 0.29) is 23.8 Å². The van der Waals surface area contributed by atoms with Crippen LogP contribution in [0, 0.1) is 17.8 Å². The minimum absolute atomic E-state index is 0.0622. The van der Waals surface area contributed by atoms with Gasteiger partial charge in [0.2, 0.25) is 5.91 Å². The average molecular weight is 449 g/mol. The van der Waals surface area contributed by atoms with Crippen molar-refractivity contribution in [2.24, 2.45) is 24.8 Å². The van der Waals surface area contributed by atoms with Gasteiger partial charge in [-0.1, -0.05) is 41.9 Å². The summed E-state index contributed by atoms with van der Waals surface area (Å²) in [5, 5.41) is 12.7. The first-order chi connectivity index (χ1) is 14.4. The lowest BCUT2D eigenvalue weighted by molar-refractivity contribution is -0.121. The van der Waals surface area contributed by atoms with Crippen LogP contribution < -0.4 is 10.1 Å². The number of hydrogen-bond acceptors (Lipinski definition) is 5. The predicted molar refractivity (Wildman–Crippen MR) is 119 cm³/mol. The smallest absolute Gasteiger partial charge is 0.233 e. The van der Waals surface area contributed by atoms with Crippen LogP contribution in [-0.2, 0) is 18.4 Å². The van der Waals surface area contributed by atoms with E-state index in [4.69, 9.17) is 16.3 Å². The zero-order chi connectivity index (χ0) is 21.3. The lowest BCUT2D eigenvalue weighted by atomic mass is 9.84. The Labute approximate surface area is 187 Å². The molecule has 4 rings (SSSR count). The molecule has 1 aromatic heterocycles. The quantitative estimate of drug-likeness (QED) is 0.603. The van der Waals surface area contributed by atoms with Crippen molar-refractivity contribution in [3.63, 3.8) is 0 Å². The van der Waals surface area contributed by atoms with Gasteiger partial charge in [0, 0.05) is 13.1 Å². The van der Waals surface area contributed by atoms with E-state index >= 15 is 0 Å². The van der Waals surface area contributed by atoms with E-state index < -0.39 is 0 Å². The molecule has 2 fully saturated rings. The van der Waals surface area contributed by atoms with E-state index in [2.05, 4.69) is 22.4 Å². The van der Waals surface area contributed by atoms with Gasteiger partial charge in [-0.25, -0.2) is 0 Å². The lowest BCUT2D eigenvalue weighted by Crippen LogP contribution is -2.43. The van der Waals surface area contributed by atoms with E-state index in [1.165, 1.54) is 37.4 Å². The van der Waals surface area contributed by atoms with Crippen molar-refractivity contribution in [3.05, 3.63) is 35.1 Å². The monoisotopic (exact) mass is 448 g/mol. The number of aromatic nitrogens is 3. The minimum atomic E-state index is -0.244. The topological polar surface area (TPSA) is 69.0 Å². The molecule has 5 unspecified atom stereocenters. The van der Waals surface area contributed by atoms with E-state index in [1.807, 2.05) is 36.7 Å². The Bertz CT molecular complexity index is 905. The summed E-state index contributed by atoms with van der Waals surface area (Å²) in [5.41, 5.74) is 0. The minimum Gasteiger partial charge on any atom is -0.484 e. The SMILES string of the molecule is CC(Sc1nnc(COc2ccccc2Cl)n1C)C(=O)NC(C)C1CC2CCC1C2. The Morgan fingerprint density at radius 3 is 2.80 bits per heavy atom. The summed E-state index contributed by atoms with van der Waals surface area (Å²) < 4.78 is 7.63. The number of para-hydroxylation sites is 1. The fraction of sp³-hybridized carbons (Fsp3) is 0.591. The molecular formula is C22H29ClN4O2S. The van der Waals surface area contributed by atoms with E-state index in [0.29, 0.717) is 27.7 Å². The van der Waals surface area contributed by atoms with Gasteiger partial charge in [-0.05, 0) is 63.0 Å². The number of carbonyl (C=O) groups excluding carboxylic acids is 1. The van der Waals surface area contributed by atoms with Crippen molar-refractivity contribution in [2.45, 2.75) is 62.6 Å². The molecule has 2 aliphatic carbocycles. The second-order valence-corrected chi connectivity index (χ2v) is 10.3. The summed E-state index contributed by atoms with van der Waals surface area (Å²) in [7, 11) is 1.89. The maximum Gasteiger partial charge on any atom is 0.233 e. The molecule has 8 heteroatoms. The number of nitrogens with one attached hydrogen (secondary N) is 1. The van der Waals surface area contributed by atoms with Crippen molar-refractivity contribution in [1.29, 1.82) is 0 Å². The van der Waals surface area contributed by atoms with Crippen molar-refractivity contribution in [2.75, 3.05) is 0 Å². The number of halogens is 1. The summed E-state index contributed by atoms with van der Waals surface area (Å²) in [6.07, 6.45) is 5.33. The average Bonchev–Trinajstić information content (AvgIpc) is 3.45. The van der Waals surface area contributed by atoms with Crippen LogP contribution in [0.4, 0.5) is 0 Å². The van der Waals surface area contributed by atoms with Gasteiger partial charge in [-0.2, -0.15) is 0 Å². The summed E-state index contributed by atoms with van der Waals surface area (Å²) in [4.78, 5) is 12.8. The number of thioether (sulfide) groups is 1. The Hall–Kier alpha value is -1.73. The number of fused-ring (bicyclic) bond motifs is 2. The molecule has 2 bridgehead atoms. The highest BCUT2D eigenvalue weighted by Crippen LogP contribution is 2.49. The van der Waals surface area contributed by atoms with E-state index in [1.54, 1.807) is 6.07 Å². The van der Waals surface area contributed by atoms with Crippen LogP contribution >= 0.6 is 23.4 Å². The first-order valence-electron chi connectivity index (χ1n) is 10.6. The second kappa shape index (κ2) is 9.18. The summed E-state index contributed by atoms with van der Waals surface area (Å²) in [5.74, 6) is 3.67. The van der Waals surface area contributed by atoms with Gasteiger partial charge in [-0.15, -0.1) is 10.2 Å². The molecule has 30 heavy (non-hydrogen) atoms. The molecule has 1 amide bonds. The van der Waals surface area contributed by atoms with Gasteiger partial charge in [-0.3, -0.25) is 4.79 Å². The van der Waals surface area contributed by atoms with E-state index in [9.17, 15) is 4.79 Å². The van der Waals surface area contributed by atoms with Crippen LogP contribution in [0.5, 0.6) is 5.75 Å². The molecule has 162 valence electrons. The highest BCUT2D eigenvalue weighted by Gasteiger charge is 2.42. The molecule has 1 N–H and O–H groups in total. The van der Waals surface area contributed by atoms with Gasteiger partial charge in [0.1, 0.15) is 12.4 Å². The largest absolute Gasteiger partial charge is 0.484 e. The Balaban J connectivity index is 1.30.